The van der Waals surface area contributed by atoms with Gasteiger partial charge >= 0.3 is 5.97 Å². The van der Waals surface area contributed by atoms with E-state index in [1.54, 1.807) is 24.3 Å². The van der Waals surface area contributed by atoms with E-state index >= 15 is 0 Å². The van der Waals surface area contributed by atoms with Gasteiger partial charge in [0.15, 0.2) is 0 Å². The van der Waals surface area contributed by atoms with Gasteiger partial charge in [0.2, 0.25) is 0 Å². The highest BCUT2D eigenvalue weighted by Crippen LogP contribution is 2.24. The Bertz CT molecular complexity index is 800. The van der Waals surface area contributed by atoms with Crippen molar-refractivity contribution in [1.29, 1.82) is 0 Å². The van der Waals surface area contributed by atoms with E-state index in [0.717, 1.165) is 25.2 Å². The molecule has 0 aromatic heterocycles. The molecular formula is C21H25N3O3. The highest BCUT2D eigenvalue weighted by molar-refractivity contribution is 6.04. The molecule has 0 bridgehead atoms. The van der Waals surface area contributed by atoms with Gasteiger partial charge in [-0.1, -0.05) is 0 Å². The molecule has 2 aromatic carbocycles. The fourth-order valence-electron chi connectivity index (χ4n) is 3.20. The molecule has 1 aliphatic heterocycles. The molecule has 0 aliphatic carbocycles. The molecule has 6 nitrogen and oxygen atoms in total. The minimum Gasteiger partial charge on any atom is -0.427 e. The highest BCUT2D eigenvalue weighted by atomic mass is 16.5. The third-order valence-electron chi connectivity index (χ3n) is 4.76. The van der Waals surface area contributed by atoms with E-state index in [4.69, 9.17) is 4.74 Å². The minimum atomic E-state index is -0.387. The Balaban J connectivity index is 1.59. The van der Waals surface area contributed by atoms with Gasteiger partial charge in [0, 0.05) is 43.0 Å². The summed E-state index contributed by atoms with van der Waals surface area (Å²) < 4.78 is 4.97. The quantitative estimate of drug-likeness (QED) is 0.650. The highest BCUT2D eigenvalue weighted by Gasteiger charge is 2.23. The van der Waals surface area contributed by atoms with Crippen molar-refractivity contribution in [3.8, 4) is 5.75 Å². The Labute approximate surface area is 159 Å². The van der Waals surface area contributed by atoms with Gasteiger partial charge in [-0.25, -0.2) is 0 Å². The number of carbonyl (C=O) groups excluding carboxylic acids is 2. The maximum atomic E-state index is 12.4. The van der Waals surface area contributed by atoms with E-state index in [2.05, 4.69) is 29.2 Å². The van der Waals surface area contributed by atoms with Gasteiger partial charge in [-0.2, -0.15) is 0 Å². The number of anilines is 2. The van der Waals surface area contributed by atoms with Crippen LogP contribution in [-0.4, -0.2) is 50.0 Å². The number of hydrogen-bond donors (Lipinski definition) is 1. The first-order chi connectivity index (χ1) is 12.9. The number of benzene rings is 2. The van der Waals surface area contributed by atoms with Crippen molar-refractivity contribution in [3.05, 3.63) is 54.1 Å². The lowest BCUT2D eigenvalue weighted by molar-refractivity contribution is -0.131. The Kier molecular flexibility index (Phi) is 5.76. The number of amides is 1. The van der Waals surface area contributed by atoms with E-state index < -0.39 is 0 Å². The third-order valence-corrected chi connectivity index (χ3v) is 4.76. The second kappa shape index (κ2) is 8.22. The average molecular weight is 367 g/mol. The summed E-state index contributed by atoms with van der Waals surface area (Å²) in [7, 11) is 4.23. The molecule has 2 aromatic rings. The van der Waals surface area contributed by atoms with E-state index in [0.29, 0.717) is 17.4 Å². The summed E-state index contributed by atoms with van der Waals surface area (Å²) in [5.41, 5.74) is 2.42. The molecule has 1 atom stereocenters. The maximum Gasteiger partial charge on any atom is 0.308 e. The van der Waals surface area contributed by atoms with Crippen molar-refractivity contribution in [2.45, 2.75) is 19.4 Å². The zero-order chi connectivity index (χ0) is 19.4. The third kappa shape index (κ3) is 4.86. The van der Waals surface area contributed by atoms with Crippen LogP contribution in [0.5, 0.6) is 5.75 Å². The summed E-state index contributed by atoms with van der Waals surface area (Å²) in [6, 6.07) is 15.0. The number of carbonyl (C=O) groups is 2. The first kappa shape index (κ1) is 18.9. The van der Waals surface area contributed by atoms with Gasteiger partial charge in [-0.05, 0) is 69.0 Å². The Morgan fingerprint density at radius 3 is 2.30 bits per heavy atom. The van der Waals surface area contributed by atoms with Gasteiger partial charge < -0.3 is 19.9 Å². The summed E-state index contributed by atoms with van der Waals surface area (Å²) in [6.07, 6.45) is 1.16. The summed E-state index contributed by atoms with van der Waals surface area (Å²) in [4.78, 5) is 27.9. The molecule has 6 heteroatoms. The number of ether oxygens (including phenoxy) is 1. The molecule has 3 rings (SSSR count). The zero-order valence-corrected chi connectivity index (χ0v) is 15.9. The lowest BCUT2D eigenvalue weighted by Gasteiger charge is -2.22. The molecule has 0 saturated carbocycles. The van der Waals surface area contributed by atoms with Crippen molar-refractivity contribution in [2.75, 3.05) is 37.4 Å². The van der Waals surface area contributed by atoms with Crippen molar-refractivity contribution < 1.29 is 14.3 Å². The van der Waals surface area contributed by atoms with Crippen LogP contribution >= 0.6 is 0 Å². The van der Waals surface area contributed by atoms with E-state index in [1.165, 1.54) is 12.6 Å². The van der Waals surface area contributed by atoms with Gasteiger partial charge in [-0.15, -0.1) is 0 Å². The second-order valence-electron chi connectivity index (χ2n) is 6.97. The number of nitrogens with one attached hydrogen (secondary N) is 1. The molecular weight excluding hydrogens is 342 g/mol. The summed E-state index contributed by atoms with van der Waals surface area (Å²) in [5.74, 6) is -0.168. The van der Waals surface area contributed by atoms with Crippen LogP contribution in [0.25, 0.3) is 0 Å². The first-order valence-electron chi connectivity index (χ1n) is 9.03. The predicted octanol–water partition coefficient (Wildman–Crippen LogP) is 3.00. The number of rotatable bonds is 5. The number of esters is 1. The maximum absolute atomic E-state index is 12.4. The molecule has 0 radical (unpaired) electrons. The van der Waals surface area contributed by atoms with Crippen molar-refractivity contribution in [2.24, 2.45) is 0 Å². The van der Waals surface area contributed by atoms with Crippen molar-refractivity contribution >= 4 is 23.3 Å². The number of likely N-dealkylation sites (N-methyl/N-ethyl adjacent to an activating group) is 1. The van der Waals surface area contributed by atoms with Gasteiger partial charge in [-0.3, -0.25) is 9.59 Å². The van der Waals surface area contributed by atoms with Crippen LogP contribution in [-0.2, 0) is 4.79 Å². The lowest BCUT2D eigenvalue weighted by Crippen LogP contribution is -2.31. The molecule has 27 heavy (non-hydrogen) atoms. The average Bonchev–Trinajstić information content (AvgIpc) is 3.13. The van der Waals surface area contributed by atoms with Crippen LogP contribution in [0.3, 0.4) is 0 Å². The summed E-state index contributed by atoms with van der Waals surface area (Å²) in [5, 5.41) is 2.89. The molecule has 1 fully saturated rings. The smallest absolute Gasteiger partial charge is 0.308 e. The fraction of sp³-hybridized carbons (Fsp3) is 0.333. The Morgan fingerprint density at radius 1 is 1.07 bits per heavy atom. The normalized spacial score (nSPS) is 16.4. The molecule has 1 unspecified atom stereocenters. The van der Waals surface area contributed by atoms with Crippen LogP contribution in [0.1, 0.15) is 23.7 Å². The molecule has 0 spiro atoms. The van der Waals surface area contributed by atoms with E-state index in [1.807, 2.05) is 24.3 Å². The first-order valence-corrected chi connectivity index (χ1v) is 9.03. The van der Waals surface area contributed by atoms with Crippen LogP contribution < -0.4 is 15.0 Å². The van der Waals surface area contributed by atoms with Gasteiger partial charge in [0.05, 0.1) is 0 Å². The van der Waals surface area contributed by atoms with Crippen LogP contribution in [0, 0.1) is 0 Å². The van der Waals surface area contributed by atoms with E-state index in [9.17, 15) is 9.59 Å². The van der Waals surface area contributed by atoms with Gasteiger partial charge in [0.1, 0.15) is 5.75 Å². The predicted molar refractivity (Wildman–Crippen MR) is 106 cm³/mol. The van der Waals surface area contributed by atoms with E-state index in [-0.39, 0.29) is 11.9 Å². The molecule has 1 N–H and O–H groups in total. The number of hydrogen-bond acceptors (Lipinski definition) is 5. The fourth-order valence-corrected chi connectivity index (χ4v) is 3.20. The lowest BCUT2D eigenvalue weighted by atomic mass is 10.2. The number of nitrogens with zero attached hydrogens (tertiary/aromatic N) is 2. The van der Waals surface area contributed by atoms with Crippen LogP contribution in [0.2, 0.25) is 0 Å². The zero-order valence-electron chi connectivity index (χ0n) is 15.9. The standard InChI is InChI=1S/C21H25N3O3/c1-15(25)27-20-10-4-16(5-11-20)21(26)22-17-6-8-18(9-7-17)24-13-12-19(14-24)23(2)3/h4-11,19H,12-14H2,1-3H3,(H,22,26). The summed E-state index contributed by atoms with van der Waals surface area (Å²) >= 11 is 0. The molecule has 142 valence electrons. The minimum absolute atomic E-state index is 0.203. The topological polar surface area (TPSA) is 61.9 Å². The Hall–Kier alpha value is -2.86. The SMILES string of the molecule is CC(=O)Oc1ccc(C(=O)Nc2ccc(N3CCC(N(C)C)C3)cc2)cc1. The molecule has 1 heterocycles. The van der Waals surface area contributed by atoms with Crippen LogP contribution in [0.15, 0.2) is 48.5 Å². The van der Waals surface area contributed by atoms with Crippen LogP contribution in [0.4, 0.5) is 11.4 Å². The monoisotopic (exact) mass is 367 g/mol. The molecule has 1 saturated heterocycles. The van der Waals surface area contributed by atoms with Crippen molar-refractivity contribution in [1.82, 2.24) is 4.90 Å². The summed E-state index contributed by atoms with van der Waals surface area (Å²) in [6.45, 7) is 3.41. The second-order valence-corrected chi connectivity index (χ2v) is 6.97. The Morgan fingerprint density at radius 2 is 1.74 bits per heavy atom. The largest absolute Gasteiger partial charge is 0.427 e. The molecule has 1 amide bonds. The van der Waals surface area contributed by atoms with Crippen molar-refractivity contribution in [3.63, 3.8) is 0 Å². The molecule has 1 aliphatic rings. The van der Waals surface area contributed by atoms with Gasteiger partial charge in [0.25, 0.3) is 5.91 Å².